The maximum atomic E-state index is 3.36. The van der Waals surface area contributed by atoms with Crippen molar-refractivity contribution in [2.24, 2.45) is 0 Å². The van der Waals surface area contributed by atoms with Crippen LogP contribution < -0.4 is 5.32 Å². The summed E-state index contributed by atoms with van der Waals surface area (Å²) in [5.74, 6) is 0. The van der Waals surface area contributed by atoms with Gasteiger partial charge in [0.05, 0.1) is 0 Å². The van der Waals surface area contributed by atoms with E-state index in [1.165, 1.54) is 12.1 Å². The van der Waals surface area contributed by atoms with E-state index in [1.54, 1.807) is 0 Å². The van der Waals surface area contributed by atoms with Crippen molar-refractivity contribution < 1.29 is 0 Å². The van der Waals surface area contributed by atoms with Crippen LogP contribution in [0.4, 0.5) is 5.69 Å². The minimum absolute atomic E-state index is 1.14. The van der Waals surface area contributed by atoms with Crippen molar-refractivity contribution in [2.45, 2.75) is 40.5 Å². The van der Waals surface area contributed by atoms with Crippen LogP contribution in [0, 0.1) is 0 Å². The molecule has 0 bridgehead atoms. The fraction of sp³-hybridized carbons (Fsp3) is 0.375. The lowest BCUT2D eigenvalue weighted by atomic mass is 10.1. The Balaban J connectivity index is 0.000000581. The number of anilines is 1. The zero-order chi connectivity index (χ0) is 12.9. The molecule has 94 valence electrons. The highest BCUT2D eigenvalue weighted by atomic mass is 14.9. The summed E-state index contributed by atoms with van der Waals surface area (Å²) < 4.78 is 0. The molecule has 0 saturated heterocycles. The molecule has 17 heavy (non-hydrogen) atoms. The van der Waals surface area contributed by atoms with Gasteiger partial charge >= 0.3 is 0 Å². The van der Waals surface area contributed by atoms with Gasteiger partial charge in [-0.3, -0.25) is 0 Å². The average molecular weight is 231 g/mol. The monoisotopic (exact) mass is 231 g/mol. The number of benzene rings is 1. The van der Waals surface area contributed by atoms with Crippen molar-refractivity contribution in [3.8, 4) is 0 Å². The number of allylic oxidation sites excluding steroid dienone is 3. The van der Waals surface area contributed by atoms with E-state index >= 15 is 0 Å². The van der Waals surface area contributed by atoms with Gasteiger partial charge in [-0.15, -0.1) is 0 Å². The van der Waals surface area contributed by atoms with E-state index < -0.39 is 0 Å². The second-order valence-corrected chi connectivity index (χ2v) is 3.13. The Morgan fingerprint density at radius 2 is 1.53 bits per heavy atom. The normalized spacial score (nSPS) is 12.4. The summed E-state index contributed by atoms with van der Waals surface area (Å²) in [4.78, 5) is 0. The molecule has 1 nitrogen and oxygen atoms in total. The molecule has 1 aromatic carbocycles. The van der Waals surface area contributed by atoms with Crippen LogP contribution in [-0.4, -0.2) is 0 Å². The molecule has 0 fully saturated rings. The molecule has 0 saturated carbocycles. The minimum atomic E-state index is 1.14. The van der Waals surface area contributed by atoms with Crippen LogP contribution in [0.1, 0.15) is 40.5 Å². The fourth-order valence-corrected chi connectivity index (χ4v) is 1.39. The Morgan fingerprint density at radius 3 is 2.06 bits per heavy atom. The van der Waals surface area contributed by atoms with Crippen molar-refractivity contribution in [3.63, 3.8) is 0 Å². The number of hydrogen-bond donors (Lipinski definition) is 1. The van der Waals surface area contributed by atoms with Crippen LogP contribution in [0.5, 0.6) is 0 Å². The molecular weight excluding hydrogens is 206 g/mol. The highest BCUT2D eigenvalue weighted by Crippen LogP contribution is 2.14. The van der Waals surface area contributed by atoms with Crippen molar-refractivity contribution in [1.29, 1.82) is 0 Å². The van der Waals surface area contributed by atoms with E-state index in [0.717, 1.165) is 12.1 Å². The quantitative estimate of drug-likeness (QED) is 0.720. The summed E-state index contributed by atoms with van der Waals surface area (Å²) in [6.07, 6.45) is 8.88. The summed E-state index contributed by atoms with van der Waals surface area (Å²) in [7, 11) is 0. The summed E-state index contributed by atoms with van der Waals surface area (Å²) in [5, 5.41) is 3.36. The summed E-state index contributed by atoms with van der Waals surface area (Å²) in [6.45, 7) is 8.00. The van der Waals surface area contributed by atoms with Gasteiger partial charge in [0.2, 0.25) is 0 Å². The minimum Gasteiger partial charge on any atom is -0.356 e. The van der Waals surface area contributed by atoms with E-state index in [1.807, 2.05) is 45.9 Å². The first-order valence-electron chi connectivity index (χ1n) is 6.64. The molecule has 0 radical (unpaired) electrons. The third kappa shape index (κ3) is 6.62. The van der Waals surface area contributed by atoms with Gasteiger partial charge in [0.15, 0.2) is 0 Å². The van der Waals surface area contributed by atoms with Crippen LogP contribution >= 0.6 is 0 Å². The molecule has 0 aliphatic heterocycles. The van der Waals surface area contributed by atoms with E-state index in [4.69, 9.17) is 0 Å². The molecule has 1 N–H and O–H groups in total. The molecule has 2 rings (SSSR count). The highest BCUT2D eigenvalue weighted by molar-refractivity contribution is 5.50. The molecule has 0 amide bonds. The first-order chi connectivity index (χ1) is 8.45. The average Bonchev–Trinajstić information content (AvgIpc) is 2.45. The molecule has 1 aliphatic rings. The highest BCUT2D eigenvalue weighted by Gasteiger charge is 1.96. The van der Waals surface area contributed by atoms with E-state index in [0.29, 0.717) is 0 Å². The molecule has 0 atom stereocenters. The zero-order valence-electron chi connectivity index (χ0n) is 11.5. The maximum Gasteiger partial charge on any atom is 0.0384 e. The van der Waals surface area contributed by atoms with Gasteiger partial charge in [-0.2, -0.15) is 0 Å². The topological polar surface area (TPSA) is 12.0 Å². The third-order valence-corrected chi connectivity index (χ3v) is 2.06. The molecule has 1 heteroatoms. The first-order valence-corrected chi connectivity index (χ1v) is 6.64. The summed E-state index contributed by atoms with van der Waals surface area (Å²) in [6, 6.07) is 10.2. The van der Waals surface area contributed by atoms with Crippen LogP contribution in [-0.2, 0) is 0 Å². The molecular formula is C16H25N. The smallest absolute Gasteiger partial charge is 0.0384 e. The molecule has 0 aromatic heterocycles. The van der Waals surface area contributed by atoms with Crippen molar-refractivity contribution in [3.05, 3.63) is 54.3 Å². The Morgan fingerprint density at radius 1 is 0.882 bits per heavy atom. The predicted molar refractivity (Wildman–Crippen MR) is 79.2 cm³/mol. The van der Waals surface area contributed by atoms with Gasteiger partial charge in [-0.1, -0.05) is 58.0 Å². The van der Waals surface area contributed by atoms with Gasteiger partial charge in [0.25, 0.3) is 0 Å². The molecule has 0 unspecified atom stereocenters. The molecule has 0 spiro atoms. The lowest BCUT2D eigenvalue weighted by Gasteiger charge is -2.09. The van der Waals surface area contributed by atoms with Gasteiger partial charge in [-0.25, -0.2) is 0 Å². The Bertz CT molecular complexity index is 323. The zero-order valence-corrected chi connectivity index (χ0v) is 11.5. The molecule has 1 aromatic rings. The van der Waals surface area contributed by atoms with E-state index in [-0.39, 0.29) is 0 Å². The lowest BCUT2D eigenvalue weighted by molar-refractivity contribution is 1.02. The van der Waals surface area contributed by atoms with Crippen LogP contribution in [0.3, 0.4) is 0 Å². The Kier molecular flexibility index (Phi) is 10.0. The van der Waals surface area contributed by atoms with Gasteiger partial charge in [0, 0.05) is 11.4 Å². The van der Waals surface area contributed by atoms with Crippen molar-refractivity contribution >= 4 is 5.69 Å². The second-order valence-electron chi connectivity index (χ2n) is 3.13. The molecule has 1 aliphatic carbocycles. The van der Waals surface area contributed by atoms with E-state index in [2.05, 4.69) is 35.7 Å². The SMILES string of the molecule is C1=CC(Nc2ccccc2)=CCC1.CC.CC. The Hall–Kier alpha value is -1.50. The fourth-order valence-electron chi connectivity index (χ4n) is 1.39. The third-order valence-electron chi connectivity index (χ3n) is 2.06. The summed E-state index contributed by atoms with van der Waals surface area (Å²) in [5.41, 5.74) is 2.36. The maximum absolute atomic E-state index is 3.36. The van der Waals surface area contributed by atoms with Crippen molar-refractivity contribution in [2.75, 3.05) is 5.32 Å². The van der Waals surface area contributed by atoms with Gasteiger partial charge in [-0.05, 0) is 31.1 Å². The van der Waals surface area contributed by atoms with Gasteiger partial charge in [0.1, 0.15) is 0 Å². The number of nitrogens with one attached hydrogen (secondary N) is 1. The number of rotatable bonds is 2. The largest absolute Gasteiger partial charge is 0.356 e. The molecule has 0 heterocycles. The first kappa shape index (κ1) is 15.5. The van der Waals surface area contributed by atoms with E-state index in [9.17, 15) is 0 Å². The van der Waals surface area contributed by atoms with Crippen LogP contribution in [0.25, 0.3) is 0 Å². The Labute approximate surface area is 106 Å². The standard InChI is InChI=1S/C12H13N.2C2H6/c1-3-7-11(8-4-1)13-12-9-5-2-6-10-12;2*1-2/h1,3-5,7-10,13H,2,6H2;2*1-2H3. The van der Waals surface area contributed by atoms with Crippen LogP contribution in [0.2, 0.25) is 0 Å². The lowest BCUT2D eigenvalue weighted by Crippen LogP contribution is -1.98. The number of hydrogen-bond acceptors (Lipinski definition) is 1. The number of para-hydroxylation sites is 1. The summed E-state index contributed by atoms with van der Waals surface area (Å²) >= 11 is 0. The van der Waals surface area contributed by atoms with Crippen molar-refractivity contribution in [1.82, 2.24) is 0 Å². The van der Waals surface area contributed by atoms with Gasteiger partial charge < -0.3 is 5.32 Å². The predicted octanol–water partition coefficient (Wildman–Crippen LogP) is 5.38. The second kappa shape index (κ2) is 11.0. The van der Waals surface area contributed by atoms with Crippen LogP contribution in [0.15, 0.2) is 54.3 Å².